The highest BCUT2D eigenvalue weighted by Gasteiger charge is 2.35. The largest absolute Gasteiger partial charge is 0.339 e. The number of anilines is 1. The van der Waals surface area contributed by atoms with Crippen LogP contribution >= 0.6 is 0 Å². The minimum Gasteiger partial charge on any atom is -0.339 e. The van der Waals surface area contributed by atoms with E-state index in [1.54, 1.807) is 11.1 Å². The standard InChI is InChI=1S/C15H18N4O2/c1-10(2)19-9-11(7-13(19)20)14(21)17-15-16-8-12-5-3-4-6-18(12)15/h3-6,8,10-11H,7,9H2,1-2H3,(H,16,17,21). The first-order valence-electron chi connectivity index (χ1n) is 7.08. The maximum Gasteiger partial charge on any atom is 0.232 e. The lowest BCUT2D eigenvalue weighted by Gasteiger charge is -2.20. The number of nitrogens with zero attached hydrogens (tertiary/aromatic N) is 3. The molecule has 3 rings (SSSR count). The molecule has 1 N–H and O–H groups in total. The van der Waals surface area contributed by atoms with E-state index in [0.29, 0.717) is 12.5 Å². The first-order valence-corrected chi connectivity index (χ1v) is 7.08. The van der Waals surface area contributed by atoms with Gasteiger partial charge >= 0.3 is 0 Å². The highest BCUT2D eigenvalue weighted by atomic mass is 16.2. The van der Waals surface area contributed by atoms with Crippen molar-refractivity contribution in [1.82, 2.24) is 14.3 Å². The summed E-state index contributed by atoms with van der Waals surface area (Å²) >= 11 is 0. The molecule has 6 heteroatoms. The minimum atomic E-state index is -0.309. The quantitative estimate of drug-likeness (QED) is 0.930. The van der Waals surface area contributed by atoms with Crippen LogP contribution < -0.4 is 5.32 Å². The average Bonchev–Trinajstić information content (AvgIpc) is 3.03. The molecule has 0 spiro atoms. The fourth-order valence-corrected chi connectivity index (χ4v) is 2.65. The van der Waals surface area contributed by atoms with Crippen LogP contribution in [-0.4, -0.2) is 38.7 Å². The summed E-state index contributed by atoms with van der Waals surface area (Å²) in [5.74, 6) is 0.0722. The zero-order chi connectivity index (χ0) is 15.0. The minimum absolute atomic E-state index is 0.0399. The van der Waals surface area contributed by atoms with Crippen molar-refractivity contribution >= 4 is 23.3 Å². The van der Waals surface area contributed by atoms with Gasteiger partial charge in [-0.15, -0.1) is 0 Å². The van der Waals surface area contributed by atoms with Crippen LogP contribution in [0.15, 0.2) is 30.6 Å². The predicted octanol–water partition coefficient (Wildman–Crippen LogP) is 1.53. The lowest BCUT2D eigenvalue weighted by Crippen LogP contribution is -2.33. The zero-order valence-corrected chi connectivity index (χ0v) is 12.1. The van der Waals surface area contributed by atoms with Crippen molar-refractivity contribution in [2.45, 2.75) is 26.3 Å². The van der Waals surface area contributed by atoms with Gasteiger partial charge in [0.25, 0.3) is 0 Å². The van der Waals surface area contributed by atoms with E-state index in [2.05, 4.69) is 10.3 Å². The number of hydrogen-bond acceptors (Lipinski definition) is 3. The first-order chi connectivity index (χ1) is 10.1. The molecule has 1 saturated heterocycles. The van der Waals surface area contributed by atoms with Gasteiger partial charge in [-0.25, -0.2) is 4.98 Å². The van der Waals surface area contributed by atoms with Gasteiger partial charge in [0.05, 0.1) is 17.6 Å². The maximum absolute atomic E-state index is 12.3. The molecule has 1 unspecified atom stereocenters. The van der Waals surface area contributed by atoms with Crippen molar-refractivity contribution in [2.75, 3.05) is 11.9 Å². The molecule has 2 aromatic rings. The van der Waals surface area contributed by atoms with Gasteiger partial charge in [0, 0.05) is 25.2 Å². The highest BCUT2D eigenvalue weighted by molar-refractivity contribution is 5.96. The summed E-state index contributed by atoms with van der Waals surface area (Å²) in [4.78, 5) is 30.2. The molecular weight excluding hydrogens is 268 g/mol. The fourth-order valence-electron chi connectivity index (χ4n) is 2.65. The van der Waals surface area contributed by atoms with E-state index < -0.39 is 0 Å². The Morgan fingerprint density at radius 1 is 1.43 bits per heavy atom. The summed E-state index contributed by atoms with van der Waals surface area (Å²) in [7, 11) is 0. The van der Waals surface area contributed by atoms with E-state index in [-0.39, 0.29) is 30.2 Å². The van der Waals surface area contributed by atoms with Gasteiger partial charge in [-0.05, 0) is 26.0 Å². The van der Waals surface area contributed by atoms with E-state index in [1.807, 2.05) is 42.6 Å². The third-order valence-electron chi connectivity index (χ3n) is 3.83. The number of pyridine rings is 1. The summed E-state index contributed by atoms with van der Waals surface area (Å²) in [6.07, 6.45) is 3.82. The molecule has 0 aromatic carbocycles. The number of aromatic nitrogens is 2. The molecular formula is C15H18N4O2. The molecule has 0 saturated carbocycles. The molecule has 0 radical (unpaired) electrons. The van der Waals surface area contributed by atoms with Crippen molar-refractivity contribution in [3.8, 4) is 0 Å². The Morgan fingerprint density at radius 3 is 2.95 bits per heavy atom. The smallest absolute Gasteiger partial charge is 0.232 e. The Labute approximate surface area is 122 Å². The van der Waals surface area contributed by atoms with Crippen molar-refractivity contribution in [3.63, 3.8) is 0 Å². The Balaban J connectivity index is 1.74. The van der Waals surface area contributed by atoms with Crippen molar-refractivity contribution < 1.29 is 9.59 Å². The van der Waals surface area contributed by atoms with E-state index in [0.717, 1.165) is 5.52 Å². The fraction of sp³-hybridized carbons (Fsp3) is 0.400. The van der Waals surface area contributed by atoms with Crippen molar-refractivity contribution in [3.05, 3.63) is 30.6 Å². The SMILES string of the molecule is CC(C)N1CC(C(=O)Nc2ncc3ccccn23)CC1=O. The van der Waals surface area contributed by atoms with Crippen LogP contribution in [-0.2, 0) is 9.59 Å². The number of fused-ring (bicyclic) bond motifs is 1. The molecule has 0 aliphatic carbocycles. The number of hydrogen-bond donors (Lipinski definition) is 1. The third kappa shape index (κ3) is 2.49. The van der Waals surface area contributed by atoms with Crippen LogP contribution in [0.2, 0.25) is 0 Å². The zero-order valence-electron chi connectivity index (χ0n) is 12.1. The van der Waals surface area contributed by atoms with E-state index >= 15 is 0 Å². The normalized spacial score (nSPS) is 18.7. The number of carbonyl (C=O) groups excluding carboxylic acids is 2. The molecule has 2 aromatic heterocycles. The Hall–Kier alpha value is -2.37. The maximum atomic E-state index is 12.3. The van der Waals surface area contributed by atoms with Crippen LogP contribution in [0.5, 0.6) is 0 Å². The lowest BCUT2D eigenvalue weighted by atomic mass is 10.1. The van der Waals surface area contributed by atoms with E-state index in [1.165, 1.54) is 0 Å². The predicted molar refractivity (Wildman–Crippen MR) is 78.8 cm³/mol. The van der Waals surface area contributed by atoms with Crippen LogP contribution in [0, 0.1) is 5.92 Å². The van der Waals surface area contributed by atoms with Gasteiger partial charge in [-0.3, -0.25) is 19.3 Å². The Morgan fingerprint density at radius 2 is 2.24 bits per heavy atom. The van der Waals surface area contributed by atoms with Crippen LogP contribution in [0.25, 0.3) is 5.52 Å². The van der Waals surface area contributed by atoms with Crippen LogP contribution in [0.1, 0.15) is 20.3 Å². The Bertz CT molecular complexity index is 692. The molecule has 3 heterocycles. The summed E-state index contributed by atoms with van der Waals surface area (Å²) in [5.41, 5.74) is 0.916. The van der Waals surface area contributed by atoms with E-state index in [4.69, 9.17) is 0 Å². The van der Waals surface area contributed by atoms with Crippen molar-refractivity contribution in [1.29, 1.82) is 0 Å². The molecule has 6 nitrogen and oxygen atoms in total. The number of imidazole rings is 1. The molecule has 1 aliphatic rings. The molecule has 1 aliphatic heterocycles. The van der Waals surface area contributed by atoms with Crippen LogP contribution in [0.3, 0.4) is 0 Å². The summed E-state index contributed by atoms with van der Waals surface area (Å²) in [5, 5.41) is 2.82. The number of carbonyl (C=O) groups is 2. The Kier molecular flexibility index (Phi) is 3.37. The number of amides is 2. The second-order valence-electron chi connectivity index (χ2n) is 5.61. The van der Waals surface area contributed by atoms with Gasteiger partial charge in [0.1, 0.15) is 0 Å². The topological polar surface area (TPSA) is 66.7 Å². The van der Waals surface area contributed by atoms with Gasteiger partial charge in [-0.1, -0.05) is 6.07 Å². The second-order valence-corrected chi connectivity index (χ2v) is 5.61. The number of rotatable bonds is 3. The molecule has 110 valence electrons. The third-order valence-corrected chi connectivity index (χ3v) is 3.83. The molecule has 0 bridgehead atoms. The second kappa shape index (κ2) is 5.20. The summed E-state index contributed by atoms with van der Waals surface area (Å²) in [6.45, 7) is 4.40. The molecule has 2 amide bonds. The number of nitrogens with one attached hydrogen (secondary N) is 1. The number of likely N-dealkylation sites (tertiary alicyclic amines) is 1. The van der Waals surface area contributed by atoms with Crippen molar-refractivity contribution in [2.24, 2.45) is 5.92 Å². The van der Waals surface area contributed by atoms with E-state index in [9.17, 15) is 9.59 Å². The monoisotopic (exact) mass is 286 g/mol. The van der Waals surface area contributed by atoms with Gasteiger partial charge in [0.15, 0.2) is 0 Å². The van der Waals surface area contributed by atoms with Gasteiger partial charge in [-0.2, -0.15) is 0 Å². The first kappa shape index (κ1) is 13.6. The molecule has 21 heavy (non-hydrogen) atoms. The van der Waals surface area contributed by atoms with Gasteiger partial charge < -0.3 is 4.90 Å². The summed E-state index contributed by atoms with van der Waals surface area (Å²) in [6, 6.07) is 5.84. The molecule has 1 fully saturated rings. The lowest BCUT2D eigenvalue weighted by molar-refractivity contribution is -0.129. The molecule has 1 atom stereocenters. The highest BCUT2D eigenvalue weighted by Crippen LogP contribution is 2.21. The average molecular weight is 286 g/mol. The van der Waals surface area contributed by atoms with Crippen LogP contribution in [0.4, 0.5) is 5.95 Å². The van der Waals surface area contributed by atoms with Gasteiger partial charge in [0.2, 0.25) is 17.8 Å². The summed E-state index contributed by atoms with van der Waals surface area (Å²) < 4.78 is 1.81.